The maximum Gasteiger partial charge on any atom is 0.328 e. The molecule has 5 nitrogen and oxygen atoms in total. The Kier molecular flexibility index (Phi) is 2.59. The van der Waals surface area contributed by atoms with Crippen molar-refractivity contribution < 1.29 is 14.6 Å². The topological polar surface area (TPSA) is 75.2 Å². The minimum absolute atomic E-state index is 0.505. The van der Waals surface area contributed by atoms with Gasteiger partial charge >= 0.3 is 5.97 Å². The summed E-state index contributed by atoms with van der Waals surface area (Å²) in [5.41, 5.74) is 1.58. The van der Waals surface area contributed by atoms with Crippen molar-refractivity contribution in [2.24, 2.45) is 0 Å². The summed E-state index contributed by atoms with van der Waals surface area (Å²) in [7, 11) is 1.59. The van der Waals surface area contributed by atoms with Crippen LogP contribution < -0.4 is 4.74 Å². The Bertz CT molecular complexity index is 557. The predicted octanol–water partition coefficient (Wildman–Crippen LogP) is 1.67. The van der Waals surface area contributed by atoms with Crippen LogP contribution in [-0.4, -0.2) is 28.2 Å². The maximum absolute atomic E-state index is 10.3. The van der Waals surface area contributed by atoms with Gasteiger partial charge in [-0.05, 0) is 18.2 Å². The van der Waals surface area contributed by atoms with Gasteiger partial charge in [-0.2, -0.15) is 0 Å². The zero-order chi connectivity index (χ0) is 11.5. The molecule has 0 radical (unpaired) electrons. The summed E-state index contributed by atoms with van der Waals surface area (Å²) in [6.45, 7) is 0. The van der Waals surface area contributed by atoms with E-state index in [2.05, 4.69) is 9.97 Å². The molecule has 0 spiro atoms. The molecule has 0 unspecified atom stereocenters. The lowest BCUT2D eigenvalue weighted by atomic mass is 10.3. The van der Waals surface area contributed by atoms with Crippen molar-refractivity contribution in [3.63, 3.8) is 0 Å². The van der Waals surface area contributed by atoms with E-state index in [0.29, 0.717) is 5.82 Å². The van der Waals surface area contributed by atoms with E-state index in [1.165, 1.54) is 6.08 Å². The average molecular weight is 218 g/mol. The number of rotatable bonds is 3. The number of carboxylic acids is 1. The zero-order valence-electron chi connectivity index (χ0n) is 8.60. The summed E-state index contributed by atoms with van der Waals surface area (Å²) >= 11 is 0. The van der Waals surface area contributed by atoms with E-state index < -0.39 is 5.97 Å². The monoisotopic (exact) mass is 218 g/mol. The first-order chi connectivity index (χ1) is 7.69. The second-order valence-electron chi connectivity index (χ2n) is 3.18. The number of methoxy groups -OCH3 is 1. The van der Waals surface area contributed by atoms with Crippen LogP contribution in [0.1, 0.15) is 5.82 Å². The second kappa shape index (κ2) is 4.06. The lowest BCUT2D eigenvalue weighted by Crippen LogP contribution is -1.86. The highest BCUT2D eigenvalue weighted by molar-refractivity contribution is 5.86. The van der Waals surface area contributed by atoms with E-state index >= 15 is 0 Å². The highest BCUT2D eigenvalue weighted by atomic mass is 16.5. The number of benzene rings is 1. The Hall–Kier alpha value is -2.30. The van der Waals surface area contributed by atoms with Crippen LogP contribution in [0.3, 0.4) is 0 Å². The van der Waals surface area contributed by atoms with Gasteiger partial charge in [0.05, 0.1) is 18.1 Å². The molecule has 16 heavy (non-hydrogen) atoms. The predicted molar refractivity (Wildman–Crippen MR) is 59.3 cm³/mol. The number of imidazole rings is 1. The fraction of sp³-hybridized carbons (Fsp3) is 0.0909. The summed E-state index contributed by atoms with van der Waals surface area (Å²) in [5.74, 6) is 0.230. The Labute approximate surface area is 91.4 Å². The largest absolute Gasteiger partial charge is 0.497 e. The van der Waals surface area contributed by atoms with Crippen molar-refractivity contribution in [1.82, 2.24) is 9.97 Å². The van der Waals surface area contributed by atoms with Crippen molar-refractivity contribution in [2.45, 2.75) is 0 Å². The van der Waals surface area contributed by atoms with Crippen LogP contribution in [0.2, 0.25) is 0 Å². The van der Waals surface area contributed by atoms with Crippen LogP contribution >= 0.6 is 0 Å². The number of fused-ring (bicyclic) bond motifs is 1. The number of aliphatic carboxylic acids is 1. The summed E-state index contributed by atoms with van der Waals surface area (Å²) in [4.78, 5) is 17.5. The molecule has 1 aromatic carbocycles. The molecule has 1 heterocycles. The van der Waals surface area contributed by atoms with E-state index in [1.54, 1.807) is 19.2 Å². The van der Waals surface area contributed by atoms with Gasteiger partial charge in [-0.3, -0.25) is 0 Å². The van der Waals surface area contributed by atoms with Crippen molar-refractivity contribution >= 4 is 23.1 Å². The molecule has 82 valence electrons. The van der Waals surface area contributed by atoms with Crippen LogP contribution in [0.5, 0.6) is 5.75 Å². The quantitative estimate of drug-likeness (QED) is 0.768. The van der Waals surface area contributed by atoms with E-state index in [4.69, 9.17) is 9.84 Å². The van der Waals surface area contributed by atoms with Gasteiger partial charge in [-0.1, -0.05) is 0 Å². The highest BCUT2D eigenvalue weighted by Gasteiger charge is 2.01. The van der Waals surface area contributed by atoms with E-state index in [1.807, 2.05) is 6.07 Å². The third-order valence-electron chi connectivity index (χ3n) is 2.09. The lowest BCUT2D eigenvalue weighted by molar-refractivity contribution is -0.131. The van der Waals surface area contributed by atoms with Gasteiger partial charge in [0.1, 0.15) is 11.6 Å². The van der Waals surface area contributed by atoms with Gasteiger partial charge in [0.15, 0.2) is 0 Å². The van der Waals surface area contributed by atoms with E-state index in [9.17, 15) is 4.79 Å². The molecule has 2 rings (SSSR count). The number of hydrogen-bond donors (Lipinski definition) is 2. The third kappa shape index (κ3) is 2.03. The smallest absolute Gasteiger partial charge is 0.328 e. The standard InChI is InChI=1S/C11H10N2O3/c1-16-7-2-3-8-9(6-7)13-10(12-8)4-5-11(14)15/h2-6H,1H3,(H,12,13)(H,14,15)/b5-4+. The second-order valence-corrected chi connectivity index (χ2v) is 3.18. The number of ether oxygens (including phenoxy) is 1. The van der Waals surface area contributed by atoms with Crippen molar-refractivity contribution in [3.05, 3.63) is 30.1 Å². The van der Waals surface area contributed by atoms with Crippen LogP contribution in [0.25, 0.3) is 17.1 Å². The van der Waals surface area contributed by atoms with Crippen molar-refractivity contribution in [2.75, 3.05) is 7.11 Å². The Morgan fingerprint density at radius 2 is 2.38 bits per heavy atom. The number of nitrogens with one attached hydrogen (secondary N) is 1. The Morgan fingerprint density at radius 3 is 3.06 bits per heavy atom. The number of nitrogens with zero attached hydrogens (tertiary/aromatic N) is 1. The molecule has 0 saturated heterocycles. The molecule has 1 aromatic heterocycles. The van der Waals surface area contributed by atoms with Crippen molar-refractivity contribution in [1.29, 1.82) is 0 Å². The molecule has 0 aliphatic rings. The summed E-state index contributed by atoms with van der Waals surface area (Å²) in [6.07, 6.45) is 2.45. The number of carboxylic acid groups (broad SMARTS) is 1. The van der Waals surface area contributed by atoms with Crippen LogP contribution in [-0.2, 0) is 4.79 Å². The summed E-state index contributed by atoms with van der Waals surface area (Å²) in [6, 6.07) is 5.41. The van der Waals surface area contributed by atoms with E-state index in [-0.39, 0.29) is 0 Å². The molecule has 0 atom stereocenters. The average Bonchev–Trinajstić information content (AvgIpc) is 2.67. The fourth-order valence-electron chi connectivity index (χ4n) is 1.36. The van der Waals surface area contributed by atoms with Crippen LogP contribution in [0, 0.1) is 0 Å². The fourth-order valence-corrected chi connectivity index (χ4v) is 1.36. The first kappa shape index (κ1) is 10.2. The number of aromatic nitrogens is 2. The number of carbonyl (C=O) groups is 1. The SMILES string of the molecule is COc1ccc2nc(/C=C/C(=O)O)[nH]c2c1. The number of aromatic amines is 1. The maximum atomic E-state index is 10.3. The molecular weight excluding hydrogens is 208 g/mol. The molecular formula is C11H10N2O3. The molecule has 0 aliphatic carbocycles. The van der Waals surface area contributed by atoms with Gasteiger partial charge in [0.25, 0.3) is 0 Å². The van der Waals surface area contributed by atoms with Gasteiger partial charge in [-0.25, -0.2) is 9.78 Å². The minimum Gasteiger partial charge on any atom is -0.497 e. The molecule has 5 heteroatoms. The van der Waals surface area contributed by atoms with Crippen molar-refractivity contribution in [3.8, 4) is 5.75 Å². The molecule has 2 aromatic rings. The number of hydrogen-bond acceptors (Lipinski definition) is 3. The molecule has 0 saturated carbocycles. The highest BCUT2D eigenvalue weighted by Crippen LogP contribution is 2.18. The van der Waals surface area contributed by atoms with Gasteiger partial charge in [-0.15, -0.1) is 0 Å². The minimum atomic E-state index is -1.00. The van der Waals surface area contributed by atoms with Gasteiger partial charge < -0.3 is 14.8 Å². The molecule has 2 N–H and O–H groups in total. The number of H-pyrrole nitrogens is 1. The zero-order valence-corrected chi connectivity index (χ0v) is 8.60. The summed E-state index contributed by atoms with van der Waals surface area (Å²) < 4.78 is 5.07. The molecule has 0 aliphatic heterocycles. The van der Waals surface area contributed by atoms with E-state index in [0.717, 1.165) is 22.9 Å². The van der Waals surface area contributed by atoms with Crippen LogP contribution in [0.4, 0.5) is 0 Å². The van der Waals surface area contributed by atoms with Gasteiger partial charge in [0.2, 0.25) is 0 Å². The first-order valence-electron chi connectivity index (χ1n) is 4.64. The van der Waals surface area contributed by atoms with Gasteiger partial charge in [0, 0.05) is 12.1 Å². The third-order valence-corrected chi connectivity index (χ3v) is 2.09. The Morgan fingerprint density at radius 1 is 1.56 bits per heavy atom. The lowest BCUT2D eigenvalue weighted by Gasteiger charge is -1.96. The molecule has 0 bridgehead atoms. The molecule has 0 amide bonds. The first-order valence-corrected chi connectivity index (χ1v) is 4.64. The molecule has 0 fully saturated rings. The Balaban J connectivity index is 2.40. The summed E-state index contributed by atoms with van der Waals surface area (Å²) in [5, 5.41) is 8.48. The normalized spacial score (nSPS) is 11.1. The van der Waals surface area contributed by atoms with Crippen LogP contribution in [0.15, 0.2) is 24.3 Å².